The number of hydrogen-bond donors (Lipinski definition) is 1. The van der Waals surface area contributed by atoms with Crippen LogP contribution in [0.3, 0.4) is 0 Å². The van der Waals surface area contributed by atoms with Crippen molar-refractivity contribution in [1.82, 2.24) is 4.90 Å². The van der Waals surface area contributed by atoms with Crippen LogP contribution in [0.1, 0.15) is 22.3 Å². The summed E-state index contributed by atoms with van der Waals surface area (Å²) in [6.45, 7) is 0.234. The summed E-state index contributed by atoms with van der Waals surface area (Å²) in [6.07, 6.45) is 0.292. The van der Waals surface area contributed by atoms with Gasteiger partial charge in [0.05, 0.1) is 12.7 Å². The number of hydrogen-bond acceptors (Lipinski definition) is 6. The number of carbonyl (C=O) groups is 3. The highest BCUT2D eigenvalue weighted by Gasteiger charge is 2.39. The monoisotopic (exact) mass is 523 g/mol. The molecule has 0 bridgehead atoms. The molecule has 7 nitrogen and oxygen atoms in total. The van der Waals surface area contributed by atoms with Crippen LogP contribution in [0.5, 0.6) is 0 Å². The van der Waals surface area contributed by atoms with E-state index in [1.54, 1.807) is 36.4 Å². The maximum atomic E-state index is 14.3. The van der Waals surface area contributed by atoms with E-state index in [2.05, 4.69) is 15.0 Å². The van der Waals surface area contributed by atoms with Gasteiger partial charge in [-0.3, -0.25) is 14.5 Å². The number of ether oxygens (including phenoxy) is 1. The molecule has 3 aromatic carbocycles. The number of aliphatic imine (C=N–C) groups is 1. The number of nitrogens with one attached hydrogen (secondary N) is 1. The van der Waals surface area contributed by atoms with E-state index >= 15 is 0 Å². The molecule has 4 rings (SSSR count). The van der Waals surface area contributed by atoms with E-state index in [-0.39, 0.29) is 35.5 Å². The van der Waals surface area contributed by atoms with Gasteiger partial charge in [-0.05, 0) is 60.5 Å². The maximum absolute atomic E-state index is 14.3. The van der Waals surface area contributed by atoms with Gasteiger partial charge in [-0.15, -0.1) is 0 Å². The SMILES string of the molecule is COC(=O)c1ccc(NC(=O)C[C@@H]2SC(=Nc3ccccc3F)N(CCc3ccc(F)cc3)C2=O)cc1. The number of halogens is 2. The molecule has 1 aliphatic rings. The van der Waals surface area contributed by atoms with Gasteiger partial charge >= 0.3 is 5.97 Å². The lowest BCUT2D eigenvalue weighted by molar-refractivity contribution is -0.128. The summed E-state index contributed by atoms with van der Waals surface area (Å²) >= 11 is 1.09. The van der Waals surface area contributed by atoms with Crippen molar-refractivity contribution in [1.29, 1.82) is 0 Å². The molecule has 0 radical (unpaired) electrons. The molecule has 3 aromatic rings. The second-order valence-corrected chi connectivity index (χ2v) is 9.31. The van der Waals surface area contributed by atoms with Gasteiger partial charge in [0.2, 0.25) is 11.8 Å². The topological polar surface area (TPSA) is 88.1 Å². The molecule has 1 N–H and O–H groups in total. The summed E-state index contributed by atoms with van der Waals surface area (Å²) < 4.78 is 32.2. The van der Waals surface area contributed by atoms with Crippen LogP contribution in [0.15, 0.2) is 77.8 Å². The lowest BCUT2D eigenvalue weighted by Gasteiger charge is -2.16. The normalized spacial score (nSPS) is 16.2. The van der Waals surface area contributed by atoms with Crippen LogP contribution in [-0.2, 0) is 20.7 Å². The Morgan fingerprint density at radius 2 is 1.73 bits per heavy atom. The van der Waals surface area contributed by atoms with Crippen molar-refractivity contribution in [3.8, 4) is 0 Å². The summed E-state index contributed by atoms with van der Waals surface area (Å²) in [4.78, 5) is 43.3. The first-order chi connectivity index (χ1) is 17.8. The first-order valence-corrected chi connectivity index (χ1v) is 12.3. The van der Waals surface area contributed by atoms with Gasteiger partial charge in [-0.2, -0.15) is 0 Å². The molecule has 1 atom stereocenters. The molecule has 0 spiro atoms. The van der Waals surface area contributed by atoms with E-state index in [0.29, 0.717) is 17.7 Å². The summed E-state index contributed by atoms with van der Waals surface area (Å²) in [6, 6.07) is 18.1. The smallest absolute Gasteiger partial charge is 0.337 e. The highest BCUT2D eigenvalue weighted by molar-refractivity contribution is 8.15. The summed E-state index contributed by atoms with van der Waals surface area (Å²) in [5.74, 6) is -2.10. The average Bonchev–Trinajstić information content (AvgIpc) is 3.18. The maximum Gasteiger partial charge on any atom is 0.337 e. The number of nitrogens with zero attached hydrogens (tertiary/aromatic N) is 2. The molecule has 1 heterocycles. The molecule has 10 heteroatoms. The molecule has 0 unspecified atom stereocenters. The van der Waals surface area contributed by atoms with Crippen LogP contribution in [0.25, 0.3) is 0 Å². The van der Waals surface area contributed by atoms with Crippen molar-refractivity contribution in [3.63, 3.8) is 0 Å². The molecule has 1 fully saturated rings. The minimum absolute atomic E-state index is 0.0837. The summed E-state index contributed by atoms with van der Waals surface area (Å²) in [5.41, 5.74) is 1.70. The van der Waals surface area contributed by atoms with Crippen molar-refractivity contribution >= 4 is 46.1 Å². The molecular formula is C27H23F2N3O4S. The number of benzene rings is 3. The van der Waals surface area contributed by atoms with E-state index in [9.17, 15) is 23.2 Å². The summed E-state index contributed by atoms with van der Waals surface area (Å²) in [7, 11) is 1.28. The Hall–Kier alpha value is -4.05. The van der Waals surface area contributed by atoms with E-state index in [1.807, 2.05) is 0 Å². The van der Waals surface area contributed by atoms with Crippen molar-refractivity contribution in [3.05, 3.63) is 95.6 Å². The summed E-state index contributed by atoms with van der Waals surface area (Å²) in [5, 5.41) is 2.25. The largest absolute Gasteiger partial charge is 0.465 e. The molecule has 2 amide bonds. The number of amidine groups is 1. The first-order valence-electron chi connectivity index (χ1n) is 11.4. The van der Waals surface area contributed by atoms with E-state index in [0.717, 1.165) is 17.3 Å². The van der Waals surface area contributed by atoms with Gasteiger partial charge in [-0.25, -0.2) is 18.6 Å². The third-order valence-electron chi connectivity index (χ3n) is 5.59. The highest BCUT2D eigenvalue weighted by atomic mass is 32.2. The van der Waals surface area contributed by atoms with Crippen molar-refractivity contribution in [2.24, 2.45) is 4.99 Å². The fraction of sp³-hybridized carbons (Fsp3) is 0.185. The number of methoxy groups -OCH3 is 1. The first kappa shape index (κ1) is 26.0. The van der Waals surface area contributed by atoms with E-state index < -0.39 is 22.9 Å². The number of anilines is 1. The quantitative estimate of drug-likeness (QED) is 0.422. The minimum atomic E-state index is -0.756. The van der Waals surface area contributed by atoms with Gasteiger partial charge < -0.3 is 10.1 Å². The Balaban J connectivity index is 1.48. The van der Waals surface area contributed by atoms with Gasteiger partial charge in [0.25, 0.3) is 0 Å². The second kappa shape index (κ2) is 11.8. The van der Waals surface area contributed by atoms with Crippen molar-refractivity contribution < 1.29 is 27.9 Å². The number of thioether (sulfide) groups is 1. The minimum Gasteiger partial charge on any atom is -0.465 e. The zero-order valence-corrected chi connectivity index (χ0v) is 20.6. The third kappa shape index (κ3) is 6.59. The zero-order chi connectivity index (χ0) is 26.4. The van der Waals surface area contributed by atoms with Crippen LogP contribution < -0.4 is 5.32 Å². The molecule has 1 aliphatic heterocycles. The molecule has 37 heavy (non-hydrogen) atoms. The standard InChI is InChI=1S/C27H23F2N3O4S/c1-36-26(35)18-8-12-20(13-9-18)30-24(33)16-23-25(34)32(15-14-17-6-10-19(28)11-7-17)27(37-23)31-22-5-3-2-4-21(22)29/h2-13,23H,14-16H2,1H3,(H,30,33)/t23-/m0/s1. The molecular weight excluding hydrogens is 500 g/mol. The van der Waals surface area contributed by atoms with Crippen LogP contribution in [0.2, 0.25) is 0 Å². The van der Waals surface area contributed by atoms with Gasteiger partial charge in [-0.1, -0.05) is 36.0 Å². The number of carbonyl (C=O) groups excluding carboxylic acids is 3. The van der Waals surface area contributed by atoms with E-state index in [4.69, 9.17) is 0 Å². The van der Waals surface area contributed by atoms with Crippen LogP contribution in [-0.4, -0.2) is 46.8 Å². The number of esters is 1. The average molecular weight is 524 g/mol. The Morgan fingerprint density at radius 3 is 2.41 bits per heavy atom. The number of rotatable bonds is 8. The van der Waals surface area contributed by atoms with Crippen LogP contribution in [0.4, 0.5) is 20.2 Å². The molecule has 190 valence electrons. The van der Waals surface area contributed by atoms with Gasteiger partial charge in [0.1, 0.15) is 22.6 Å². The van der Waals surface area contributed by atoms with Crippen molar-refractivity contribution in [2.75, 3.05) is 19.0 Å². The fourth-order valence-electron chi connectivity index (χ4n) is 3.66. The zero-order valence-electron chi connectivity index (χ0n) is 19.8. The fourth-order valence-corrected chi connectivity index (χ4v) is 4.83. The Morgan fingerprint density at radius 1 is 1.03 bits per heavy atom. The third-order valence-corrected chi connectivity index (χ3v) is 6.76. The Kier molecular flexibility index (Phi) is 8.29. The predicted octanol–water partition coefficient (Wildman–Crippen LogP) is 4.95. The molecule has 0 aromatic heterocycles. The van der Waals surface area contributed by atoms with E-state index in [1.165, 1.54) is 48.4 Å². The van der Waals surface area contributed by atoms with Gasteiger partial charge in [0, 0.05) is 18.7 Å². The van der Waals surface area contributed by atoms with Crippen LogP contribution >= 0.6 is 11.8 Å². The Labute approximate surface area is 216 Å². The molecule has 0 aliphatic carbocycles. The molecule has 1 saturated heterocycles. The number of amides is 2. The van der Waals surface area contributed by atoms with Crippen LogP contribution in [0, 0.1) is 11.6 Å². The molecule has 0 saturated carbocycles. The Bertz CT molecular complexity index is 1330. The second-order valence-electron chi connectivity index (χ2n) is 8.14. The lowest BCUT2D eigenvalue weighted by Crippen LogP contribution is -2.35. The van der Waals surface area contributed by atoms with Crippen molar-refractivity contribution in [2.45, 2.75) is 18.1 Å². The lowest BCUT2D eigenvalue weighted by atomic mass is 10.1. The van der Waals surface area contributed by atoms with Gasteiger partial charge in [0.15, 0.2) is 5.17 Å². The predicted molar refractivity (Wildman–Crippen MR) is 138 cm³/mol. The highest BCUT2D eigenvalue weighted by Crippen LogP contribution is 2.32. The number of para-hydroxylation sites is 1.